The van der Waals surface area contributed by atoms with Crippen molar-refractivity contribution in [2.75, 3.05) is 33.4 Å². The molecule has 0 aromatic heterocycles. The number of carboxylic acids is 1. The van der Waals surface area contributed by atoms with E-state index in [0.29, 0.717) is 19.7 Å². The number of likely N-dealkylation sites (tertiary alicyclic amines) is 1. The summed E-state index contributed by atoms with van der Waals surface area (Å²) in [5.74, 6) is -1.98. The third-order valence-electron chi connectivity index (χ3n) is 2.78. The second-order valence-corrected chi connectivity index (χ2v) is 4.20. The van der Waals surface area contributed by atoms with Gasteiger partial charge in [0.05, 0.1) is 5.92 Å². The second-order valence-electron chi connectivity index (χ2n) is 4.20. The van der Waals surface area contributed by atoms with Gasteiger partial charge in [-0.05, 0) is 6.42 Å². The number of carboxylic acid groups (broad SMARTS) is 1. The van der Waals surface area contributed by atoms with Crippen LogP contribution in [-0.4, -0.2) is 61.1 Å². The molecule has 7 nitrogen and oxygen atoms in total. The van der Waals surface area contributed by atoms with Crippen LogP contribution in [0.5, 0.6) is 0 Å². The molecule has 0 aliphatic carbocycles. The van der Waals surface area contributed by atoms with E-state index in [4.69, 9.17) is 9.84 Å². The zero-order valence-electron chi connectivity index (χ0n) is 10.3. The van der Waals surface area contributed by atoms with Gasteiger partial charge in [0.2, 0.25) is 11.8 Å². The van der Waals surface area contributed by atoms with E-state index in [9.17, 15) is 14.4 Å². The van der Waals surface area contributed by atoms with Crippen LogP contribution in [0, 0.1) is 5.92 Å². The Bertz CT molecular complexity index is 331. The number of nitrogens with zero attached hydrogens (tertiary/aromatic N) is 1. The van der Waals surface area contributed by atoms with Crippen LogP contribution in [0.2, 0.25) is 0 Å². The predicted octanol–water partition coefficient (Wildman–Crippen LogP) is -0.928. The molecule has 7 heteroatoms. The third kappa shape index (κ3) is 4.33. The van der Waals surface area contributed by atoms with Gasteiger partial charge in [-0.25, -0.2) is 0 Å². The molecule has 2 N–H and O–H groups in total. The van der Waals surface area contributed by atoms with Crippen LogP contribution in [0.15, 0.2) is 0 Å². The zero-order valence-corrected chi connectivity index (χ0v) is 10.3. The molecule has 0 radical (unpaired) electrons. The lowest BCUT2D eigenvalue weighted by atomic mass is 10.1. The van der Waals surface area contributed by atoms with E-state index in [-0.39, 0.29) is 18.2 Å². The normalized spacial score (nSPS) is 19.1. The highest BCUT2D eigenvalue weighted by Crippen LogP contribution is 2.17. The van der Waals surface area contributed by atoms with Gasteiger partial charge in [0.1, 0.15) is 6.54 Å². The molecule has 1 aliphatic heterocycles. The molecular formula is C11H18N2O5. The topological polar surface area (TPSA) is 95.9 Å². The first kappa shape index (κ1) is 14.4. The molecule has 1 fully saturated rings. The fourth-order valence-electron chi connectivity index (χ4n) is 1.87. The van der Waals surface area contributed by atoms with Crippen molar-refractivity contribution >= 4 is 17.8 Å². The Labute approximate surface area is 105 Å². The van der Waals surface area contributed by atoms with E-state index in [1.54, 1.807) is 12.0 Å². The highest BCUT2D eigenvalue weighted by molar-refractivity contribution is 5.90. The summed E-state index contributed by atoms with van der Waals surface area (Å²) in [6.45, 7) is 1.08. The summed E-state index contributed by atoms with van der Waals surface area (Å²) in [5.41, 5.74) is 0. The lowest BCUT2D eigenvalue weighted by Crippen LogP contribution is -2.36. The Kier molecular flexibility index (Phi) is 5.57. The van der Waals surface area contributed by atoms with Crippen molar-refractivity contribution in [2.45, 2.75) is 12.8 Å². The predicted molar refractivity (Wildman–Crippen MR) is 61.8 cm³/mol. The van der Waals surface area contributed by atoms with Gasteiger partial charge in [-0.1, -0.05) is 0 Å². The summed E-state index contributed by atoms with van der Waals surface area (Å²) in [4.78, 5) is 35.1. The highest BCUT2D eigenvalue weighted by Gasteiger charge is 2.33. The number of carbonyl (C=O) groups is 3. The molecule has 102 valence electrons. The van der Waals surface area contributed by atoms with Gasteiger partial charge in [-0.3, -0.25) is 14.4 Å². The van der Waals surface area contributed by atoms with E-state index >= 15 is 0 Å². The fourth-order valence-corrected chi connectivity index (χ4v) is 1.87. The molecule has 1 unspecified atom stereocenters. The first-order valence-corrected chi connectivity index (χ1v) is 5.80. The fraction of sp³-hybridized carbons (Fsp3) is 0.727. The van der Waals surface area contributed by atoms with Crippen LogP contribution in [-0.2, 0) is 19.1 Å². The smallest absolute Gasteiger partial charge is 0.322 e. The summed E-state index contributed by atoms with van der Waals surface area (Å²) in [5, 5.41) is 10.7. The van der Waals surface area contributed by atoms with Crippen LogP contribution in [0.3, 0.4) is 0 Å². The molecule has 1 saturated heterocycles. The highest BCUT2D eigenvalue weighted by atomic mass is 16.5. The largest absolute Gasteiger partial charge is 0.480 e. The van der Waals surface area contributed by atoms with E-state index in [1.165, 1.54) is 0 Å². The molecule has 2 amide bonds. The average Bonchev–Trinajstić information content (AvgIpc) is 2.68. The maximum Gasteiger partial charge on any atom is 0.322 e. The van der Waals surface area contributed by atoms with Crippen molar-refractivity contribution in [3.8, 4) is 0 Å². The number of carbonyl (C=O) groups excluding carboxylic acids is 2. The summed E-state index contributed by atoms with van der Waals surface area (Å²) < 4.78 is 4.89. The van der Waals surface area contributed by atoms with Crippen LogP contribution in [0.1, 0.15) is 12.8 Å². The number of nitrogens with one attached hydrogen (secondary N) is 1. The Hall–Kier alpha value is -1.63. The molecule has 0 spiro atoms. The molecule has 1 heterocycles. The summed E-state index contributed by atoms with van der Waals surface area (Å²) >= 11 is 0. The average molecular weight is 258 g/mol. The standard InChI is InChI=1S/C11H18N2O5/c1-18-4-2-3-13-7-8(5-9(13)14)11(17)12-6-10(15)16/h8H,2-7H2,1H3,(H,12,17)(H,15,16). The number of rotatable bonds is 7. The lowest BCUT2D eigenvalue weighted by molar-refractivity contribution is -0.138. The number of hydrogen-bond donors (Lipinski definition) is 2. The minimum atomic E-state index is -1.09. The minimum absolute atomic E-state index is 0.0680. The van der Waals surface area contributed by atoms with E-state index in [0.717, 1.165) is 6.42 Å². The number of aliphatic carboxylic acids is 1. The summed E-state index contributed by atoms with van der Waals surface area (Å²) in [6, 6.07) is 0. The minimum Gasteiger partial charge on any atom is -0.480 e. The summed E-state index contributed by atoms with van der Waals surface area (Å²) in [6.07, 6.45) is 0.879. The van der Waals surface area contributed by atoms with E-state index in [2.05, 4.69) is 5.32 Å². The Balaban J connectivity index is 2.35. The van der Waals surface area contributed by atoms with Crippen molar-refractivity contribution < 1.29 is 24.2 Å². The Morgan fingerprint density at radius 1 is 1.56 bits per heavy atom. The van der Waals surface area contributed by atoms with Crippen LogP contribution in [0.25, 0.3) is 0 Å². The number of hydrogen-bond acceptors (Lipinski definition) is 4. The van der Waals surface area contributed by atoms with Gasteiger partial charge in [-0.15, -0.1) is 0 Å². The van der Waals surface area contributed by atoms with Gasteiger partial charge in [-0.2, -0.15) is 0 Å². The third-order valence-corrected chi connectivity index (χ3v) is 2.78. The first-order valence-electron chi connectivity index (χ1n) is 5.80. The van der Waals surface area contributed by atoms with E-state index < -0.39 is 18.4 Å². The van der Waals surface area contributed by atoms with Gasteiger partial charge in [0.15, 0.2) is 0 Å². The van der Waals surface area contributed by atoms with Crippen molar-refractivity contribution in [2.24, 2.45) is 5.92 Å². The van der Waals surface area contributed by atoms with Crippen LogP contribution in [0.4, 0.5) is 0 Å². The van der Waals surface area contributed by atoms with Crippen LogP contribution < -0.4 is 5.32 Å². The zero-order chi connectivity index (χ0) is 13.5. The van der Waals surface area contributed by atoms with Gasteiger partial charge in [0, 0.05) is 33.2 Å². The van der Waals surface area contributed by atoms with E-state index in [1.807, 2.05) is 0 Å². The first-order chi connectivity index (χ1) is 8.54. The van der Waals surface area contributed by atoms with Gasteiger partial charge >= 0.3 is 5.97 Å². The van der Waals surface area contributed by atoms with Gasteiger partial charge < -0.3 is 20.1 Å². The number of amides is 2. The molecule has 0 aromatic rings. The number of ether oxygens (including phenoxy) is 1. The van der Waals surface area contributed by atoms with Crippen molar-refractivity contribution in [3.05, 3.63) is 0 Å². The van der Waals surface area contributed by atoms with Crippen molar-refractivity contribution in [3.63, 3.8) is 0 Å². The second kappa shape index (κ2) is 6.95. The molecule has 0 aromatic carbocycles. The summed E-state index contributed by atoms with van der Waals surface area (Å²) in [7, 11) is 1.59. The maximum absolute atomic E-state index is 11.6. The van der Waals surface area contributed by atoms with Crippen molar-refractivity contribution in [1.82, 2.24) is 10.2 Å². The molecule has 1 aliphatic rings. The molecule has 1 rings (SSSR count). The van der Waals surface area contributed by atoms with Crippen LogP contribution >= 0.6 is 0 Å². The molecule has 1 atom stereocenters. The lowest BCUT2D eigenvalue weighted by Gasteiger charge is -2.15. The Morgan fingerprint density at radius 3 is 2.89 bits per heavy atom. The van der Waals surface area contributed by atoms with Gasteiger partial charge in [0.25, 0.3) is 0 Å². The maximum atomic E-state index is 11.6. The molecule has 18 heavy (non-hydrogen) atoms. The Morgan fingerprint density at radius 2 is 2.28 bits per heavy atom. The molecule has 0 saturated carbocycles. The van der Waals surface area contributed by atoms with Crippen molar-refractivity contribution in [1.29, 1.82) is 0 Å². The number of methoxy groups -OCH3 is 1. The molecule has 0 bridgehead atoms. The quantitative estimate of drug-likeness (QED) is 0.575. The molecular weight excluding hydrogens is 240 g/mol. The monoisotopic (exact) mass is 258 g/mol. The SMILES string of the molecule is COCCCN1CC(C(=O)NCC(=O)O)CC1=O.